The van der Waals surface area contributed by atoms with Crippen LogP contribution in [0.25, 0.3) is 0 Å². The summed E-state index contributed by atoms with van der Waals surface area (Å²) < 4.78 is 17.3. The highest BCUT2D eigenvalue weighted by Gasteiger charge is 2.20. The van der Waals surface area contributed by atoms with Gasteiger partial charge < -0.3 is 5.32 Å². The number of nitrogens with zero attached hydrogens (tertiary/aromatic N) is 4. The monoisotopic (exact) mass is 405 g/mol. The Morgan fingerprint density at radius 1 is 1.40 bits per heavy atom. The summed E-state index contributed by atoms with van der Waals surface area (Å²) in [6.07, 6.45) is 5.75. The lowest BCUT2D eigenvalue weighted by atomic mass is 10.2. The molecule has 3 aromatic rings. The first-order chi connectivity index (χ1) is 12.0. The van der Waals surface area contributed by atoms with E-state index < -0.39 is 6.04 Å². The Morgan fingerprint density at radius 3 is 2.92 bits per heavy atom. The molecular formula is C17H17BrFN5O. The van der Waals surface area contributed by atoms with Gasteiger partial charge in [0.25, 0.3) is 0 Å². The number of anilines is 1. The third kappa shape index (κ3) is 4.33. The lowest BCUT2D eigenvalue weighted by molar-refractivity contribution is -0.119. The minimum absolute atomic E-state index is 0.186. The highest BCUT2D eigenvalue weighted by atomic mass is 79.9. The molecule has 0 aliphatic carbocycles. The average molecular weight is 406 g/mol. The summed E-state index contributed by atoms with van der Waals surface area (Å²) in [5.41, 5.74) is 0.800. The van der Waals surface area contributed by atoms with Gasteiger partial charge in [-0.15, -0.1) is 0 Å². The van der Waals surface area contributed by atoms with Gasteiger partial charge in [-0.1, -0.05) is 19.1 Å². The Morgan fingerprint density at radius 2 is 2.24 bits per heavy atom. The molecule has 1 N–H and O–H groups in total. The van der Waals surface area contributed by atoms with E-state index in [0.717, 1.165) is 10.0 Å². The molecule has 0 saturated carbocycles. The van der Waals surface area contributed by atoms with Gasteiger partial charge in [-0.2, -0.15) is 10.2 Å². The van der Waals surface area contributed by atoms with Crippen LogP contribution in [0.15, 0.2) is 53.4 Å². The van der Waals surface area contributed by atoms with Crippen molar-refractivity contribution in [2.24, 2.45) is 0 Å². The van der Waals surface area contributed by atoms with Crippen LogP contribution in [0.4, 0.5) is 10.2 Å². The third-order valence-corrected chi connectivity index (χ3v) is 4.11. The summed E-state index contributed by atoms with van der Waals surface area (Å²) in [6, 6.07) is 7.64. The molecule has 0 radical (unpaired) electrons. The van der Waals surface area contributed by atoms with Crippen LogP contribution in [0.1, 0.15) is 24.9 Å². The number of halogens is 2. The number of carbonyl (C=O) groups excluding carboxylic acids is 1. The SMILES string of the molecule is CCC(C(=O)Nc1ccn(Cc2cccc(F)c2)n1)n1cc(Br)cn1. The molecule has 25 heavy (non-hydrogen) atoms. The van der Waals surface area contributed by atoms with E-state index in [4.69, 9.17) is 0 Å². The van der Waals surface area contributed by atoms with Crippen molar-refractivity contribution in [3.8, 4) is 0 Å². The molecule has 2 aromatic heterocycles. The molecule has 0 bridgehead atoms. The molecule has 1 aromatic carbocycles. The second-order valence-electron chi connectivity index (χ2n) is 5.58. The summed E-state index contributed by atoms with van der Waals surface area (Å²) >= 11 is 3.33. The van der Waals surface area contributed by atoms with Crippen molar-refractivity contribution in [2.45, 2.75) is 25.9 Å². The zero-order valence-corrected chi connectivity index (χ0v) is 15.1. The van der Waals surface area contributed by atoms with Gasteiger partial charge in [0.1, 0.15) is 11.9 Å². The third-order valence-electron chi connectivity index (χ3n) is 3.70. The van der Waals surface area contributed by atoms with Crippen molar-refractivity contribution in [3.05, 3.63) is 64.8 Å². The van der Waals surface area contributed by atoms with Crippen molar-refractivity contribution in [3.63, 3.8) is 0 Å². The molecule has 1 unspecified atom stereocenters. The van der Waals surface area contributed by atoms with E-state index >= 15 is 0 Å². The van der Waals surface area contributed by atoms with E-state index in [1.54, 1.807) is 40.1 Å². The Bertz CT molecular complexity index is 875. The van der Waals surface area contributed by atoms with Crippen LogP contribution in [0.3, 0.4) is 0 Å². The number of nitrogens with one attached hydrogen (secondary N) is 1. The van der Waals surface area contributed by atoms with E-state index in [2.05, 4.69) is 31.4 Å². The number of amides is 1. The van der Waals surface area contributed by atoms with Crippen LogP contribution in [0.5, 0.6) is 0 Å². The smallest absolute Gasteiger partial charge is 0.250 e. The van der Waals surface area contributed by atoms with Crippen LogP contribution in [0.2, 0.25) is 0 Å². The van der Waals surface area contributed by atoms with E-state index in [1.807, 2.05) is 13.0 Å². The first kappa shape index (κ1) is 17.3. The number of rotatable bonds is 6. The molecule has 0 fully saturated rings. The molecule has 0 saturated heterocycles. The highest BCUT2D eigenvalue weighted by molar-refractivity contribution is 9.10. The fourth-order valence-electron chi connectivity index (χ4n) is 2.53. The minimum Gasteiger partial charge on any atom is -0.307 e. The Labute approximate surface area is 152 Å². The fourth-order valence-corrected chi connectivity index (χ4v) is 2.83. The van der Waals surface area contributed by atoms with Gasteiger partial charge in [0.2, 0.25) is 5.91 Å². The van der Waals surface area contributed by atoms with Crippen LogP contribution >= 0.6 is 15.9 Å². The predicted molar refractivity (Wildman–Crippen MR) is 95.6 cm³/mol. The number of hydrogen-bond acceptors (Lipinski definition) is 3. The number of benzene rings is 1. The topological polar surface area (TPSA) is 64.7 Å². The van der Waals surface area contributed by atoms with E-state index in [-0.39, 0.29) is 11.7 Å². The molecule has 0 aliphatic rings. The van der Waals surface area contributed by atoms with Crippen molar-refractivity contribution in [1.82, 2.24) is 19.6 Å². The van der Waals surface area contributed by atoms with Crippen molar-refractivity contribution in [2.75, 3.05) is 5.32 Å². The molecular weight excluding hydrogens is 389 g/mol. The van der Waals surface area contributed by atoms with Crippen LogP contribution in [-0.2, 0) is 11.3 Å². The van der Waals surface area contributed by atoms with Gasteiger partial charge >= 0.3 is 0 Å². The van der Waals surface area contributed by atoms with E-state index in [9.17, 15) is 9.18 Å². The maximum absolute atomic E-state index is 13.2. The minimum atomic E-state index is -0.417. The first-order valence-corrected chi connectivity index (χ1v) is 8.63. The molecule has 0 spiro atoms. The summed E-state index contributed by atoms with van der Waals surface area (Å²) in [5, 5.41) is 11.3. The number of carbonyl (C=O) groups is 1. The first-order valence-electron chi connectivity index (χ1n) is 7.83. The molecule has 1 atom stereocenters. The molecule has 8 heteroatoms. The normalized spacial score (nSPS) is 12.1. The zero-order chi connectivity index (χ0) is 17.8. The highest BCUT2D eigenvalue weighted by Crippen LogP contribution is 2.17. The van der Waals surface area contributed by atoms with Gasteiger partial charge in [-0.25, -0.2) is 4.39 Å². The van der Waals surface area contributed by atoms with Crippen molar-refractivity contribution < 1.29 is 9.18 Å². The predicted octanol–water partition coefficient (Wildman–Crippen LogP) is 3.62. The zero-order valence-electron chi connectivity index (χ0n) is 13.6. The van der Waals surface area contributed by atoms with Crippen LogP contribution in [0, 0.1) is 5.82 Å². The summed E-state index contributed by atoms with van der Waals surface area (Å²) in [4.78, 5) is 12.5. The van der Waals surface area contributed by atoms with Crippen molar-refractivity contribution >= 4 is 27.7 Å². The molecule has 0 aliphatic heterocycles. The Balaban J connectivity index is 1.67. The Hall–Kier alpha value is -2.48. The average Bonchev–Trinajstić information content (AvgIpc) is 3.17. The maximum atomic E-state index is 13.2. The second kappa shape index (κ2) is 7.60. The molecule has 6 nitrogen and oxygen atoms in total. The maximum Gasteiger partial charge on any atom is 0.250 e. The summed E-state index contributed by atoms with van der Waals surface area (Å²) in [5.74, 6) is -0.0190. The van der Waals surface area contributed by atoms with E-state index in [1.165, 1.54) is 12.1 Å². The van der Waals surface area contributed by atoms with Gasteiger partial charge in [0.15, 0.2) is 5.82 Å². The number of aromatic nitrogens is 4. The van der Waals surface area contributed by atoms with Crippen LogP contribution < -0.4 is 5.32 Å². The lowest BCUT2D eigenvalue weighted by Gasteiger charge is -2.14. The van der Waals surface area contributed by atoms with Gasteiger partial charge in [-0.3, -0.25) is 14.2 Å². The summed E-state index contributed by atoms with van der Waals surface area (Å²) in [6.45, 7) is 2.35. The number of hydrogen-bond donors (Lipinski definition) is 1. The molecule has 3 rings (SSSR count). The van der Waals surface area contributed by atoms with Gasteiger partial charge in [0, 0.05) is 18.5 Å². The van der Waals surface area contributed by atoms with Gasteiger partial charge in [0.05, 0.1) is 17.2 Å². The molecule has 2 heterocycles. The fraction of sp³-hybridized carbons (Fsp3) is 0.235. The van der Waals surface area contributed by atoms with Gasteiger partial charge in [-0.05, 0) is 40.0 Å². The lowest BCUT2D eigenvalue weighted by Crippen LogP contribution is -2.26. The molecule has 1 amide bonds. The van der Waals surface area contributed by atoms with E-state index in [0.29, 0.717) is 18.8 Å². The summed E-state index contributed by atoms with van der Waals surface area (Å²) in [7, 11) is 0. The Kier molecular flexibility index (Phi) is 5.28. The molecule has 130 valence electrons. The second-order valence-corrected chi connectivity index (χ2v) is 6.50. The largest absolute Gasteiger partial charge is 0.307 e. The van der Waals surface area contributed by atoms with Crippen LogP contribution in [-0.4, -0.2) is 25.5 Å². The standard InChI is InChI=1S/C17H17BrFN5O/c1-2-15(24-11-13(18)9-20-24)17(25)21-16-6-7-23(22-16)10-12-4-3-5-14(19)8-12/h3-9,11,15H,2,10H2,1H3,(H,21,22,25). The van der Waals surface area contributed by atoms with Crippen molar-refractivity contribution in [1.29, 1.82) is 0 Å². The quantitative estimate of drug-likeness (QED) is 0.680.